The van der Waals surface area contributed by atoms with Gasteiger partial charge < -0.3 is 9.84 Å². The molecule has 0 N–H and O–H groups in total. The average Bonchev–Trinajstić information content (AvgIpc) is 2.60. The molecule has 0 aliphatic rings. The SMILES string of the molecule is CCCCN(CCCC)S(=O)(=O)/N=C(\[O-])Oc1c(C(C)C)cccc1C(C)C. The van der Waals surface area contributed by atoms with Crippen LogP contribution in [-0.4, -0.2) is 31.9 Å². The van der Waals surface area contributed by atoms with Gasteiger partial charge in [-0.1, -0.05) is 72.6 Å². The van der Waals surface area contributed by atoms with Crippen molar-refractivity contribution < 1.29 is 18.3 Å². The summed E-state index contributed by atoms with van der Waals surface area (Å²) in [6.07, 6.45) is 2.08. The zero-order valence-electron chi connectivity index (χ0n) is 18.1. The second-order valence-corrected chi connectivity index (χ2v) is 9.21. The highest BCUT2D eigenvalue weighted by Gasteiger charge is 2.20. The van der Waals surface area contributed by atoms with Gasteiger partial charge >= 0.3 is 10.2 Å². The summed E-state index contributed by atoms with van der Waals surface area (Å²) in [6.45, 7) is 12.7. The number of benzene rings is 1. The second kappa shape index (κ2) is 11.4. The van der Waals surface area contributed by atoms with Gasteiger partial charge in [0.15, 0.2) is 6.08 Å². The number of hydrogen-bond acceptors (Lipinski definition) is 4. The van der Waals surface area contributed by atoms with Crippen molar-refractivity contribution in [3.05, 3.63) is 29.3 Å². The van der Waals surface area contributed by atoms with Crippen molar-refractivity contribution in [2.45, 2.75) is 79.1 Å². The summed E-state index contributed by atoms with van der Waals surface area (Å²) in [5.74, 6) is 0.678. The van der Waals surface area contributed by atoms with Gasteiger partial charge in [-0.3, -0.25) is 0 Å². The third-order valence-electron chi connectivity index (χ3n) is 4.55. The summed E-state index contributed by atoms with van der Waals surface area (Å²) >= 11 is 0. The van der Waals surface area contributed by atoms with E-state index in [1.54, 1.807) is 0 Å². The molecule has 160 valence electrons. The summed E-state index contributed by atoms with van der Waals surface area (Å²) < 4.78 is 35.5. The number of rotatable bonds is 11. The highest BCUT2D eigenvalue weighted by Crippen LogP contribution is 2.34. The topological polar surface area (TPSA) is 82.0 Å². The Labute approximate surface area is 170 Å². The van der Waals surface area contributed by atoms with Gasteiger partial charge in [-0.25, -0.2) is 0 Å². The van der Waals surface area contributed by atoms with Crippen LogP contribution in [0, 0.1) is 0 Å². The number of para-hydroxylation sites is 1. The van der Waals surface area contributed by atoms with Gasteiger partial charge in [-0.05, 0) is 35.8 Å². The normalized spacial score (nSPS) is 13.0. The van der Waals surface area contributed by atoms with Crippen molar-refractivity contribution in [2.24, 2.45) is 4.40 Å². The largest absolute Gasteiger partial charge is 0.565 e. The lowest BCUT2D eigenvalue weighted by molar-refractivity contribution is -0.239. The van der Waals surface area contributed by atoms with Crippen LogP contribution in [-0.2, 0) is 10.2 Å². The minimum atomic E-state index is -4.07. The minimum Gasteiger partial charge on any atom is -0.565 e. The first-order chi connectivity index (χ1) is 13.1. The monoisotopic (exact) mass is 411 g/mol. The van der Waals surface area contributed by atoms with E-state index in [2.05, 4.69) is 4.40 Å². The van der Waals surface area contributed by atoms with Gasteiger partial charge in [0, 0.05) is 18.8 Å². The van der Waals surface area contributed by atoms with Crippen molar-refractivity contribution in [2.75, 3.05) is 13.1 Å². The molecular weight excluding hydrogens is 376 g/mol. The van der Waals surface area contributed by atoms with Gasteiger partial charge in [0.25, 0.3) is 0 Å². The van der Waals surface area contributed by atoms with E-state index in [0.717, 1.165) is 36.8 Å². The van der Waals surface area contributed by atoms with Crippen molar-refractivity contribution in [1.82, 2.24) is 4.31 Å². The van der Waals surface area contributed by atoms with Crippen LogP contribution in [0.4, 0.5) is 0 Å². The Balaban J connectivity index is 3.20. The van der Waals surface area contributed by atoms with Crippen LogP contribution in [0.1, 0.15) is 90.2 Å². The quantitative estimate of drug-likeness (QED) is 0.404. The van der Waals surface area contributed by atoms with Crippen LogP contribution in [0.15, 0.2) is 22.6 Å². The molecule has 7 heteroatoms. The Kier molecular flexibility index (Phi) is 9.96. The third-order valence-corrected chi connectivity index (χ3v) is 5.95. The zero-order valence-corrected chi connectivity index (χ0v) is 18.9. The molecule has 0 aliphatic carbocycles. The van der Waals surface area contributed by atoms with Gasteiger partial charge in [0.05, 0.1) is 0 Å². The van der Waals surface area contributed by atoms with Crippen molar-refractivity contribution >= 4 is 16.3 Å². The summed E-state index contributed by atoms with van der Waals surface area (Å²) in [6, 6.07) is 5.71. The Hall–Kier alpha value is -1.60. The predicted molar refractivity (Wildman–Crippen MR) is 113 cm³/mol. The molecule has 1 rings (SSSR count). The van der Waals surface area contributed by atoms with Crippen LogP contribution < -0.4 is 9.84 Å². The summed E-state index contributed by atoms with van der Waals surface area (Å²) in [5, 5.41) is 12.4. The third kappa shape index (κ3) is 7.09. The maximum Gasteiger partial charge on any atom is 0.324 e. The fourth-order valence-corrected chi connectivity index (χ4v) is 3.93. The smallest absolute Gasteiger partial charge is 0.324 e. The van der Waals surface area contributed by atoms with E-state index in [4.69, 9.17) is 4.74 Å². The Morgan fingerprint density at radius 2 is 1.50 bits per heavy atom. The first-order valence-electron chi connectivity index (χ1n) is 10.2. The van der Waals surface area contributed by atoms with Crippen LogP contribution >= 0.6 is 0 Å². The summed E-state index contributed by atoms with van der Waals surface area (Å²) in [5.41, 5.74) is 1.72. The van der Waals surface area contributed by atoms with E-state index in [1.807, 2.05) is 59.7 Å². The van der Waals surface area contributed by atoms with Crippen molar-refractivity contribution in [3.8, 4) is 5.75 Å². The first-order valence-corrected chi connectivity index (χ1v) is 11.6. The molecule has 0 amide bonds. The van der Waals surface area contributed by atoms with Crippen molar-refractivity contribution in [1.29, 1.82) is 0 Å². The molecule has 0 aliphatic heterocycles. The molecule has 0 fully saturated rings. The molecular formula is C21H35N2O4S-. The number of hydrogen-bond donors (Lipinski definition) is 0. The number of unbranched alkanes of at least 4 members (excludes halogenated alkanes) is 2. The van der Waals surface area contributed by atoms with Crippen LogP contribution in [0.5, 0.6) is 5.75 Å². The van der Waals surface area contributed by atoms with E-state index in [-0.39, 0.29) is 11.8 Å². The first kappa shape index (κ1) is 24.4. The molecule has 0 aromatic heterocycles. The summed E-state index contributed by atoms with van der Waals surface area (Å²) in [4.78, 5) is 0. The maximum atomic E-state index is 12.6. The van der Waals surface area contributed by atoms with Gasteiger partial charge in [-0.15, -0.1) is 4.40 Å². The maximum absolute atomic E-state index is 12.6. The Morgan fingerprint density at radius 3 is 1.89 bits per heavy atom. The van der Waals surface area contributed by atoms with Crippen LogP contribution in [0.2, 0.25) is 0 Å². The van der Waals surface area contributed by atoms with Crippen LogP contribution in [0.25, 0.3) is 0 Å². The van der Waals surface area contributed by atoms with E-state index in [9.17, 15) is 13.5 Å². The van der Waals surface area contributed by atoms with Crippen molar-refractivity contribution in [3.63, 3.8) is 0 Å². The van der Waals surface area contributed by atoms with Crippen LogP contribution in [0.3, 0.4) is 0 Å². The standard InChI is InChI=1S/C21H36N2O4S/c1-7-9-14-23(15-10-8-2)28(25,26)22-21(24)27-20-18(16(3)4)12-11-13-19(20)17(5)6/h11-13,16-17H,7-10,14-15H2,1-6H3,(H,22,24)/p-1. The molecule has 0 atom stereocenters. The minimum absolute atomic E-state index is 0.128. The second-order valence-electron chi connectivity index (χ2n) is 7.62. The highest BCUT2D eigenvalue weighted by molar-refractivity contribution is 7.87. The lowest BCUT2D eigenvalue weighted by Gasteiger charge is -2.26. The number of nitrogens with zero attached hydrogens (tertiary/aromatic N) is 2. The number of ether oxygens (including phenoxy) is 1. The molecule has 1 aromatic carbocycles. The molecule has 0 heterocycles. The molecule has 1 aromatic rings. The van der Waals surface area contributed by atoms with Gasteiger partial charge in [-0.2, -0.15) is 12.7 Å². The molecule has 0 spiro atoms. The van der Waals surface area contributed by atoms with E-state index < -0.39 is 16.3 Å². The Bertz CT molecular complexity index is 709. The summed E-state index contributed by atoms with van der Waals surface area (Å²) in [7, 11) is -4.07. The molecule has 0 radical (unpaired) electrons. The lowest BCUT2D eigenvalue weighted by atomic mass is 9.94. The molecule has 0 bridgehead atoms. The highest BCUT2D eigenvalue weighted by atomic mass is 32.2. The molecule has 6 nitrogen and oxygen atoms in total. The lowest BCUT2D eigenvalue weighted by Crippen LogP contribution is -2.35. The molecule has 0 unspecified atom stereocenters. The van der Waals surface area contributed by atoms with Gasteiger partial charge in [0.1, 0.15) is 0 Å². The van der Waals surface area contributed by atoms with E-state index in [1.165, 1.54) is 4.31 Å². The fourth-order valence-electron chi connectivity index (χ4n) is 2.87. The van der Waals surface area contributed by atoms with E-state index in [0.29, 0.717) is 18.8 Å². The molecule has 28 heavy (non-hydrogen) atoms. The molecule has 0 saturated carbocycles. The zero-order chi connectivity index (χ0) is 21.3. The predicted octanol–water partition coefficient (Wildman–Crippen LogP) is 4.18. The van der Waals surface area contributed by atoms with E-state index >= 15 is 0 Å². The van der Waals surface area contributed by atoms with Gasteiger partial charge in [0.2, 0.25) is 0 Å². The molecule has 0 saturated heterocycles. The fraction of sp³-hybridized carbons (Fsp3) is 0.667. The average molecular weight is 412 g/mol. The Morgan fingerprint density at radius 1 is 1.04 bits per heavy atom.